The molecule has 11 heteroatoms. The Morgan fingerprint density at radius 1 is 0.755 bits per heavy atom. The first-order valence-electron chi connectivity index (χ1n) is 17.8. The normalized spacial score (nSPS) is 12.2. The third-order valence-corrected chi connectivity index (χ3v) is 10.4. The van der Waals surface area contributed by atoms with Crippen molar-refractivity contribution in [3.05, 3.63) is 54.1 Å². The number of nitrogens with one attached hydrogen (secondary N) is 2. The van der Waals surface area contributed by atoms with Crippen LogP contribution in [0.25, 0.3) is 0 Å². The number of benzene rings is 2. The molecule has 0 aliphatic heterocycles. The minimum atomic E-state index is -4.37. The molecule has 0 aromatic heterocycles. The van der Waals surface area contributed by atoms with Gasteiger partial charge in [0.05, 0.1) is 4.90 Å². The predicted octanol–water partition coefficient (Wildman–Crippen LogP) is 8.99. The zero-order chi connectivity index (χ0) is 35.4. The van der Waals surface area contributed by atoms with E-state index < -0.39 is 26.7 Å². The quantitative estimate of drug-likeness (QED) is 0.0322. The Morgan fingerprint density at radius 3 is 1.71 bits per heavy atom. The second-order valence-corrected chi connectivity index (χ2v) is 16.3. The maximum atomic E-state index is 13.3. The van der Waals surface area contributed by atoms with Crippen LogP contribution in [0.5, 0.6) is 0 Å². The Bertz CT molecular complexity index is 1380. The summed E-state index contributed by atoms with van der Waals surface area (Å²) in [5.74, 6) is -1.06. The summed E-state index contributed by atoms with van der Waals surface area (Å²) in [7, 11) is -4.37. The van der Waals surface area contributed by atoms with Crippen molar-refractivity contribution in [2.45, 2.75) is 145 Å². The monoisotopic (exact) mass is 742 g/mol. The fraction of sp³-hybridized carbons (Fsp3) is 0.605. The van der Waals surface area contributed by atoms with Gasteiger partial charge in [-0.3, -0.25) is 18.9 Å². The van der Waals surface area contributed by atoms with Crippen molar-refractivity contribution in [1.82, 2.24) is 5.32 Å². The summed E-state index contributed by atoms with van der Waals surface area (Å²) >= 11 is 1.06. The maximum absolute atomic E-state index is 13.3. The molecule has 49 heavy (non-hydrogen) atoms. The third kappa shape index (κ3) is 19.4. The van der Waals surface area contributed by atoms with Crippen LogP contribution in [0.2, 0.25) is 0 Å². The van der Waals surface area contributed by atoms with Crippen LogP contribution in [0.4, 0.5) is 5.69 Å². The van der Waals surface area contributed by atoms with Crippen LogP contribution in [0.1, 0.15) is 141 Å². The van der Waals surface area contributed by atoms with Gasteiger partial charge in [0.15, 0.2) is 5.78 Å². The molecule has 0 heterocycles. The van der Waals surface area contributed by atoms with Crippen LogP contribution >= 0.6 is 11.8 Å². The van der Waals surface area contributed by atoms with Crippen molar-refractivity contribution in [2.24, 2.45) is 5.41 Å². The molecule has 0 aliphatic carbocycles. The molecule has 3 N–H and O–H groups in total. The second-order valence-electron chi connectivity index (χ2n) is 13.7. The van der Waals surface area contributed by atoms with E-state index in [1.807, 2.05) is 0 Å². The van der Waals surface area contributed by atoms with Crippen LogP contribution < -0.4 is 10.6 Å². The van der Waals surface area contributed by atoms with Crippen LogP contribution in [0, 0.1) is 5.41 Å². The summed E-state index contributed by atoms with van der Waals surface area (Å²) in [4.78, 5) is 39.8. The van der Waals surface area contributed by atoms with E-state index >= 15 is 0 Å². The van der Waals surface area contributed by atoms with Gasteiger partial charge >= 0.3 is 51.4 Å². The van der Waals surface area contributed by atoms with Gasteiger partial charge in [0.2, 0.25) is 5.91 Å². The number of ketones is 1. The molecule has 1 atom stereocenters. The molecule has 8 nitrogen and oxygen atoms in total. The molecular formula is C38H59KN2O6S2. The van der Waals surface area contributed by atoms with Crippen molar-refractivity contribution in [3.63, 3.8) is 0 Å². The number of Topliss-reactive ketones (excluding diaryl/α,β-unsaturated/α-hetero) is 1. The Balaban J connectivity index is 0.0000120. The molecule has 0 spiro atoms. The van der Waals surface area contributed by atoms with Gasteiger partial charge in [0.1, 0.15) is 5.25 Å². The van der Waals surface area contributed by atoms with Crippen LogP contribution in [-0.4, -0.2) is 93.7 Å². The van der Waals surface area contributed by atoms with Crippen molar-refractivity contribution in [3.8, 4) is 0 Å². The van der Waals surface area contributed by atoms with Crippen LogP contribution in [-0.2, 0) is 19.7 Å². The number of hydrogen-bond donors (Lipinski definition) is 3. The number of carbonyl (C=O) groups is 3. The molecule has 2 aromatic carbocycles. The molecule has 2 amide bonds. The summed E-state index contributed by atoms with van der Waals surface area (Å²) < 4.78 is 31.9. The first kappa shape index (κ1) is 46.0. The summed E-state index contributed by atoms with van der Waals surface area (Å²) in [6, 6.07) is 11.9. The van der Waals surface area contributed by atoms with E-state index in [9.17, 15) is 27.4 Å². The molecule has 0 saturated heterocycles. The molecule has 0 radical (unpaired) electrons. The topological polar surface area (TPSA) is 130 Å². The summed E-state index contributed by atoms with van der Waals surface area (Å²) in [5.41, 5.74) is -0.0761. The van der Waals surface area contributed by atoms with Crippen molar-refractivity contribution in [1.29, 1.82) is 0 Å². The molecule has 0 fully saturated rings. The zero-order valence-corrected chi connectivity index (χ0v) is 31.2. The Morgan fingerprint density at radius 2 is 1.24 bits per heavy atom. The van der Waals surface area contributed by atoms with Gasteiger partial charge in [0.25, 0.3) is 16.0 Å². The van der Waals surface area contributed by atoms with Gasteiger partial charge in [-0.15, -0.1) is 11.8 Å². The van der Waals surface area contributed by atoms with Gasteiger partial charge in [0, 0.05) is 28.1 Å². The van der Waals surface area contributed by atoms with Gasteiger partial charge in [-0.25, -0.2) is 0 Å². The predicted molar refractivity (Wildman–Crippen MR) is 204 cm³/mol. The molecule has 2 aromatic rings. The Hall–Kier alpha value is -1.05. The van der Waals surface area contributed by atoms with Crippen LogP contribution in [0.15, 0.2) is 58.3 Å². The summed E-state index contributed by atoms with van der Waals surface area (Å²) in [6.45, 7) is 8.07. The first-order valence-corrected chi connectivity index (χ1v) is 20.1. The number of thioether (sulfide) groups is 1. The van der Waals surface area contributed by atoms with E-state index in [1.165, 1.54) is 114 Å². The van der Waals surface area contributed by atoms with E-state index in [4.69, 9.17) is 0 Å². The number of anilines is 1. The second kappa shape index (κ2) is 25.0. The van der Waals surface area contributed by atoms with Gasteiger partial charge in [-0.1, -0.05) is 130 Å². The fourth-order valence-electron chi connectivity index (χ4n) is 5.36. The first-order chi connectivity index (χ1) is 22.8. The summed E-state index contributed by atoms with van der Waals surface area (Å²) in [5, 5.41) is 4.54. The summed E-state index contributed by atoms with van der Waals surface area (Å²) in [6.07, 6.45) is 20.8. The molecule has 0 saturated carbocycles. The van der Waals surface area contributed by atoms with Gasteiger partial charge < -0.3 is 10.6 Å². The molecular weight excluding hydrogens is 684 g/mol. The van der Waals surface area contributed by atoms with Crippen molar-refractivity contribution >= 4 is 96.5 Å². The molecule has 0 bridgehead atoms. The molecule has 0 aliphatic rings. The van der Waals surface area contributed by atoms with Crippen molar-refractivity contribution < 1.29 is 27.4 Å². The van der Waals surface area contributed by atoms with Gasteiger partial charge in [-0.05, 0) is 48.9 Å². The standard InChI is InChI=1S/C38H58N2O6S2.K.H/c1-5-6-7-8-9-10-11-12-13-14-15-16-17-18-19-20-28-39-36(42)30-22-21-23-32(29-30)47-34(35(41)38(2,3)4)37(43)40-31-24-26-33(27-25-31)48(44,45)46;;/h21-27,29,34H,5-20,28H2,1-4H3,(H,39,42)(H,40,43)(H,44,45,46);;. The number of hydrogen-bond acceptors (Lipinski definition) is 6. The Labute approximate surface area is 342 Å². The van der Waals surface area contributed by atoms with E-state index in [0.29, 0.717) is 17.0 Å². The molecule has 270 valence electrons. The minimum absolute atomic E-state index is 0. The van der Waals surface area contributed by atoms with E-state index in [2.05, 4.69) is 17.6 Å². The van der Waals surface area contributed by atoms with E-state index in [1.54, 1.807) is 45.0 Å². The van der Waals surface area contributed by atoms with E-state index in [0.717, 1.165) is 24.6 Å². The fourth-order valence-corrected chi connectivity index (χ4v) is 7.09. The van der Waals surface area contributed by atoms with E-state index in [-0.39, 0.29) is 73.7 Å². The number of carbonyl (C=O) groups excluding carboxylic acids is 3. The zero-order valence-electron chi connectivity index (χ0n) is 29.5. The number of rotatable bonds is 24. The average molecular weight is 743 g/mol. The molecule has 1 unspecified atom stereocenters. The number of unbranched alkanes of at least 4 members (excludes halogenated alkanes) is 15. The average Bonchev–Trinajstić information content (AvgIpc) is 3.04. The van der Waals surface area contributed by atoms with Crippen LogP contribution in [0.3, 0.4) is 0 Å². The Kier molecular flexibility index (Phi) is 23.5. The van der Waals surface area contributed by atoms with Gasteiger partial charge in [-0.2, -0.15) is 8.42 Å². The molecule has 2 rings (SSSR count). The van der Waals surface area contributed by atoms with Crippen molar-refractivity contribution in [2.75, 3.05) is 11.9 Å². The SMILES string of the molecule is CCCCCCCCCCCCCCCCCCNC(=O)c1cccc(SC(C(=O)Nc2ccc(S(=O)(=O)O)cc2)C(=O)C(C)(C)C)c1.[KH]. The third-order valence-electron chi connectivity index (χ3n) is 8.30. The number of amides is 2.